The number of hydrogen-bond donors (Lipinski definition) is 2. The Bertz CT molecular complexity index is 340. The lowest BCUT2D eigenvalue weighted by atomic mass is 10.1. The van der Waals surface area contributed by atoms with Gasteiger partial charge in [-0.15, -0.1) is 0 Å². The van der Waals surface area contributed by atoms with E-state index in [-0.39, 0.29) is 30.6 Å². The van der Waals surface area contributed by atoms with Crippen LogP contribution in [0, 0.1) is 5.41 Å². The molecule has 0 rings (SSSR count). The van der Waals surface area contributed by atoms with E-state index < -0.39 is 12.0 Å². The molecule has 0 heterocycles. The van der Waals surface area contributed by atoms with Gasteiger partial charge < -0.3 is 15.5 Å². The second-order valence-electron chi connectivity index (χ2n) is 4.51. The Labute approximate surface area is 113 Å². The second kappa shape index (κ2) is 9.24. The molecule has 1 amide bonds. The molecule has 1 atom stereocenters. The van der Waals surface area contributed by atoms with Gasteiger partial charge in [-0.3, -0.25) is 9.59 Å². The molecule has 0 aromatic rings. The van der Waals surface area contributed by atoms with Crippen molar-refractivity contribution in [2.24, 2.45) is 0 Å². The van der Waals surface area contributed by atoms with E-state index in [1.165, 1.54) is 0 Å². The maximum Gasteiger partial charge on any atom is 0.328 e. The number of ketones is 1. The molecule has 0 radical (unpaired) electrons. The Morgan fingerprint density at radius 1 is 1.26 bits per heavy atom. The third-order valence-electron chi connectivity index (χ3n) is 2.29. The molecule has 0 aliphatic heterocycles. The van der Waals surface area contributed by atoms with Gasteiger partial charge in [0, 0.05) is 12.8 Å². The molecule has 0 unspecified atom stereocenters. The van der Waals surface area contributed by atoms with Crippen LogP contribution in [-0.2, 0) is 19.1 Å². The molecule has 0 bridgehead atoms. The number of nitrogens with one attached hydrogen (secondary N) is 2. The van der Waals surface area contributed by atoms with Gasteiger partial charge in [0.1, 0.15) is 6.04 Å². The summed E-state index contributed by atoms with van der Waals surface area (Å²) in [5.74, 6) is -1.17. The predicted octanol–water partition coefficient (Wildman–Crippen LogP) is 1.22. The molecule has 19 heavy (non-hydrogen) atoms. The highest BCUT2D eigenvalue weighted by molar-refractivity contribution is 6.26. The average molecular weight is 270 g/mol. The quantitative estimate of drug-likeness (QED) is 0.486. The van der Waals surface area contributed by atoms with Crippen molar-refractivity contribution in [3.63, 3.8) is 0 Å². The molecule has 0 saturated carbocycles. The molecule has 0 aromatic heterocycles. The molecule has 0 saturated heterocycles. The Morgan fingerprint density at radius 3 is 2.37 bits per heavy atom. The van der Waals surface area contributed by atoms with Crippen molar-refractivity contribution < 1.29 is 19.1 Å². The number of carbonyl (C=O) groups is 3. The summed E-state index contributed by atoms with van der Waals surface area (Å²) in [4.78, 5) is 34.4. The van der Waals surface area contributed by atoms with Gasteiger partial charge in [0.15, 0.2) is 5.78 Å². The van der Waals surface area contributed by atoms with Gasteiger partial charge in [-0.05, 0) is 26.7 Å². The third-order valence-corrected chi connectivity index (χ3v) is 2.29. The molecule has 6 nitrogen and oxygen atoms in total. The zero-order chi connectivity index (χ0) is 14.8. The Kier molecular flexibility index (Phi) is 8.41. The molecule has 0 aliphatic carbocycles. The monoisotopic (exact) mass is 270 g/mol. The number of ether oxygens (including phenoxy) is 1. The lowest BCUT2D eigenvalue weighted by Gasteiger charge is -2.18. The van der Waals surface area contributed by atoms with Crippen LogP contribution < -0.4 is 5.32 Å². The Balaban J connectivity index is 4.53. The zero-order valence-electron chi connectivity index (χ0n) is 11.7. The van der Waals surface area contributed by atoms with Crippen LogP contribution in [0.3, 0.4) is 0 Å². The number of carbonyl (C=O) groups excluding carboxylic acids is 3. The molecule has 0 fully saturated rings. The molecule has 108 valence electrons. The number of Topliss-reactive ketones (excluding diaryl/α,β-unsaturated/α-hetero) is 1. The molecule has 0 spiro atoms. The summed E-state index contributed by atoms with van der Waals surface area (Å²) in [6.07, 6.45) is 1.61. The minimum Gasteiger partial charge on any atom is -0.461 e. The van der Waals surface area contributed by atoms with Gasteiger partial charge in [0.2, 0.25) is 5.91 Å². The summed E-state index contributed by atoms with van der Waals surface area (Å²) in [5, 5.41) is 9.36. The van der Waals surface area contributed by atoms with Crippen molar-refractivity contribution in [1.82, 2.24) is 5.32 Å². The van der Waals surface area contributed by atoms with Crippen LogP contribution in [-0.4, -0.2) is 36.0 Å². The second-order valence-corrected chi connectivity index (χ2v) is 4.51. The summed E-state index contributed by atoms with van der Waals surface area (Å²) in [7, 11) is 0. The Morgan fingerprint density at radius 2 is 1.89 bits per heavy atom. The molecule has 0 aromatic carbocycles. The van der Waals surface area contributed by atoms with E-state index in [2.05, 4.69) is 5.32 Å². The van der Waals surface area contributed by atoms with E-state index in [4.69, 9.17) is 10.1 Å². The average Bonchev–Trinajstić information content (AvgIpc) is 2.33. The summed E-state index contributed by atoms with van der Waals surface area (Å²) >= 11 is 0. The first-order valence-electron chi connectivity index (χ1n) is 6.43. The third kappa shape index (κ3) is 8.07. The molecule has 0 aliphatic rings. The van der Waals surface area contributed by atoms with Crippen molar-refractivity contribution in [3.05, 3.63) is 0 Å². The normalized spacial score (nSPS) is 11.8. The fourth-order valence-electron chi connectivity index (χ4n) is 1.42. The standard InChI is InChI=1S/C13H22N2O4/c1-4-5-12(17)15-11(7-6-10(16)8-14)13(18)19-9(2)3/h8-9,11,14H,4-7H2,1-3H3,(H,15,17)/t11-/m0/s1. The highest BCUT2D eigenvalue weighted by Crippen LogP contribution is 2.04. The number of esters is 1. The minimum atomic E-state index is -0.828. The number of amides is 1. The van der Waals surface area contributed by atoms with Gasteiger partial charge in [-0.25, -0.2) is 4.79 Å². The van der Waals surface area contributed by atoms with Crippen LogP contribution in [0.1, 0.15) is 46.5 Å². The molecule has 6 heteroatoms. The van der Waals surface area contributed by atoms with Crippen LogP contribution in [0.4, 0.5) is 0 Å². The zero-order valence-corrected chi connectivity index (χ0v) is 11.7. The maximum absolute atomic E-state index is 11.8. The maximum atomic E-state index is 11.8. The first-order valence-corrected chi connectivity index (χ1v) is 6.43. The largest absolute Gasteiger partial charge is 0.461 e. The van der Waals surface area contributed by atoms with Gasteiger partial charge in [-0.2, -0.15) is 0 Å². The van der Waals surface area contributed by atoms with E-state index in [9.17, 15) is 14.4 Å². The van der Waals surface area contributed by atoms with Crippen molar-refractivity contribution in [1.29, 1.82) is 5.41 Å². The highest BCUT2D eigenvalue weighted by Gasteiger charge is 2.23. The van der Waals surface area contributed by atoms with Crippen LogP contribution in [0.5, 0.6) is 0 Å². The van der Waals surface area contributed by atoms with Crippen LogP contribution in [0.2, 0.25) is 0 Å². The summed E-state index contributed by atoms with van der Waals surface area (Å²) < 4.78 is 5.04. The van der Waals surface area contributed by atoms with Gasteiger partial charge in [-0.1, -0.05) is 6.92 Å². The van der Waals surface area contributed by atoms with E-state index >= 15 is 0 Å². The number of hydrogen-bond acceptors (Lipinski definition) is 5. The number of rotatable bonds is 9. The lowest BCUT2D eigenvalue weighted by molar-refractivity contribution is -0.151. The summed E-state index contributed by atoms with van der Waals surface area (Å²) in [6.45, 7) is 5.29. The fraction of sp³-hybridized carbons (Fsp3) is 0.692. The molecule has 2 N–H and O–H groups in total. The van der Waals surface area contributed by atoms with Crippen LogP contribution >= 0.6 is 0 Å². The first kappa shape index (κ1) is 17.3. The van der Waals surface area contributed by atoms with Gasteiger partial charge >= 0.3 is 5.97 Å². The van der Waals surface area contributed by atoms with Crippen molar-refractivity contribution in [2.75, 3.05) is 0 Å². The molecular formula is C13H22N2O4. The topological polar surface area (TPSA) is 96.3 Å². The van der Waals surface area contributed by atoms with E-state index in [0.717, 1.165) is 0 Å². The SMILES string of the molecule is CCCC(=O)N[C@@H](CCC(=O)C=N)C(=O)OC(C)C. The fourth-order valence-corrected chi connectivity index (χ4v) is 1.42. The van der Waals surface area contributed by atoms with Crippen molar-refractivity contribution in [2.45, 2.75) is 58.6 Å². The van der Waals surface area contributed by atoms with Crippen molar-refractivity contribution >= 4 is 23.9 Å². The lowest BCUT2D eigenvalue weighted by Crippen LogP contribution is -2.42. The first-order chi connectivity index (χ1) is 8.90. The van der Waals surface area contributed by atoms with E-state index in [1.807, 2.05) is 6.92 Å². The minimum absolute atomic E-state index is 0.0355. The Hall–Kier alpha value is -1.72. The van der Waals surface area contributed by atoms with Gasteiger partial charge in [0.05, 0.1) is 12.3 Å². The predicted molar refractivity (Wildman–Crippen MR) is 71.1 cm³/mol. The van der Waals surface area contributed by atoms with Crippen LogP contribution in [0.15, 0.2) is 0 Å². The van der Waals surface area contributed by atoms with E-state index in [0.29, 0.717) is 19.1 Å². The van der Waals surface area contributed by atoms with Crippen molar-refractivity contribution in [3.8, 4) is 0 Å². The molecular weight excluding hydrogens is 248 g/mol. The summed E-state index contributed by atoms with van der Waals surface area (Å²) in [5.41, 5.74) is 0. The smallest absolute Gasteiger partial charge is 0.328 e. The van der Waals surface area contributed by atoms with Crippen LogP contribution in [0.25, 0.3) is 0 Å². The van der Waals surface area contributed by atoms with E-state index in [1.54, 1.807) is 13.8 Å². The van der Waals surface area contributed by atoms with Gasteiger partial charge in [0.25, 0.3) is 0 Å². The highest BCUT2D eigenvalue weighted by atomic mass is 16.5. The summed E-state index contributed by atoms with van der Waals surface area (Å²) in [6, 6.07) is -0.828.